The molecule has 0 atom stereocenters. The molecule has 3 rings (SSSR count). The predicted molar refractivity (Wildman–Crippen MR) is 117 cm³/mol. The van der Waals surface area contributed by atoms with Gasteiger partial charge < -0.3 is 25.0 Å². The third kappa shape index (κ3) is 5.41. The molecule has 156 valence electrons. The minimum absolute atomic E-state index is 0.0309. The summed E-state index contributed by atoms with van der Waals surface area (Å²) in [6, 6.07) is 7.70. The van der Waals surface area contributed by atoms with E-state index in [1.54, 1.807) is 18.4 Å². The Morgan fingerprint density at radius 3 is 2.90 bits per heavy atom. The van der Waals surface area contributed by atoms with Crippen LogP contribution in [0, 0.1) is 0 Å². The molecule has 7 nitrogen and oxygen atoms in total. The van der Waals surface area contributed by atoms with Gasteiger partial charge in [0.05, 0.1) is 13.7 Å². The van der Waals surface area contributed by atoms with E-state index in [1.807, 2.05) is 36.9 Å². The van der Waals surface area contributed by atoms with Gasteiger partial charge in [-0.2, -0.15) is 0 Å². The van der Waals surface area contributed by atoms with Crippen molar-refractivity contribution in [1.29, 1.82) is 0 Å². The molecule has 1 aromatic heterocycles. The molecule has 0 radical (unpaired) electrons. The van der Waals surface area contributed by atoms with Crippen molar-refractivity contribution in [1.82, 2.24) is 10.2 Å². The van der Waals surface area contributed by atoms with E-state index in [0.29, 0.717) is 37.2 Å². The van der Waals surface area contributed by atoms with E-state index < -0.39 is 0 Å². The van der Waals surface area contributed by atoms with Gasteiger partial charge >= 0.3 is 0 Å². The van der Waals surface area contributed by atoms with Gasteiger partial charge in [-0.25, -0.2) is 4.99 Å². The fourth-order valence-corrected chi connectivity index (χ4v) is 4.06. The number of rotatable bonds is 7. The first-order chi connectivity index (χ1) is 14.1. The van der Waals surface area contributed by atoms with Crippen LogP contribution in [0.1, 0.15) is 24.3 Å². The number of amides is 1. The molecule has 0 saturated carbocycles. The maximum atomic E-state index is 12.6. The molecule has 0 spiro atoms. The molecule has 1 aliphatic heterocycles. The minimum atomic E-state index is 0.0309. The molecule has 2 N–H and O–H groups in total. The predicted octanol–water partition coefficient (Wildman–Crippen LogP) is 3.12. The van der Waals surface area contributed by atoms with E-state index in [4.69, 9.17) is 9.47 Å². The van der Waals surface area contributed by atoms with Gasteiger partial charge in [0.15, 0.2) is 17.5 Å². The zero-order chi connectivity index (χ0) is 20.6. The quantitative estimate of drug-likeness (QED) is 0.536. The Hall–Kier alpha value is -2.74. The largest absolute Gasteiger partial charge is 0.493 e. The first kappa shape index (κ1) is 21.0. The van der Waals surface area contributed by atoms with Crippen molar-refractivity contribution >= 4 is 28.9 Å². The summed E-state index contributed by atoms with van der Waals surface area (Å²) in [6.45, 7) is 6.70. The maximum Gasteiger partial charge on any atom is 0.244 e. The van der Waals surface area contributed by atoms with Crippen LogP contribution in [-0.4, -0.2) is 50.1 Å². The molecule has 0 saturated heterocycles. The first-order valence-corrected chi connectivity index (χ1v) is 10.7. The Labute approximate surface area is 175 Å². The summed E-state index contributed by atoms with van der Waals surface area (Å²) in [7, 11) is 1.61. The lowest BCUT2D eigenvalue weighted by molar-refractivity contribution is -0.130. The number of aliphatic imine (C=N–C) groups is 1. The van der Waals surface area contributed by atoms with Crippen LogP contribution in [-0.2, 0) is 17.8 Å². The van der Waals surface area contributed by atoms with Crippen LogP contribution in [0.25, 0.3) is 0 Å². The Bertz CT molecular complexity index is 865. The standard InChI is InChI=1S/C21H28N4O3S/c1-4-22-21(24-16-6-7-17(28-5-2)18(12-16)27-3)23-13-20(26)25-10-8-19-15(14-25)9-11-29-19/h6-7,9,11-12H,4-5,8,10,13-14H2,1-3H3,(H2,22,23,24). The summed E-state index contributed by atoms with van der Waals surface area (Å²) < 4.78 is 10.9. The fraction of sp³-hybridized carbons (Fsp3) is 0.429. The van der Waals surface area contributed by atoms with Crippen molar-refractivity contribution in [3.8, 4) is 11.5 Å². The lowest BCUT2D eigenvalue weighted by Crippen LogP contribution is -2.38. The zero-order valence-corrected chi connectivity index (χ0v) is 18.0. The summed E-state index contributed by atoms with van der Waals surface area (Å²) in [6.07, 6.45) is 0.923. The first-order valence-electron chi connectivity index (χ1n) is 9.83. The molecule has 0 unspecified atom stereocenters. The van der Waals surface area contributed by atoms with Gasteiger partial charge in [-0.05, 0) is 49.4 Å². The number of ether oxygens (including phenoxy) is 2. The average molecular weight is 417 g/mol. The third-order valence-electron chi connectivity index (χ3n) is 4.60. The number of benzene rings is 1. The summed E-state index contributed by atoms with van der Waals surface area (Å²) in [4.78, 5) is 20.4. The van der Waals surface area contributed by atoms with Crippen LogP contribution < -0.4 is 20.1 Å². The number of anilines is 1. The Morgan fingerprint density at radius 2 is 2.14 bits per heavy atom. The van der Waals surface area contributed by atoms with Crippen LogP contribution in [0.3, 0.4) is 0 Å². The molecule has 0 aliphatic carbocycles. The smallest absolute Gasteiger partial charge is 0.244 e. The number of guanidine groups is 1. The van der Waals surface area contributed by atoms with Crippen LogP contribution in [0.2, 0.25) is 0 Å². The average Bonchev–Trinajstić information content (AvgIpc) is 3.21. The normalized spacial score (nSPS) is 13.6. The topological polar surface area (TPSA) is 75.2 Å². The summed E-state index contributed by atoms with van der Waals surface area (Å²) >= 11 is 1.77. The summed E-state index contributed by atoms with van der Waals surface area (Å²) in [5.74, 6) is 1.92. The molecule has 2 heterocycles. The van der Waals surface area contributed by atoms with Gasteiger partial charge in [-0.3, -0.25) is 4.79 Å². The molecule has 1 aromatic carbocycles. The van der Waals surface area contributed by atoms with Gasteiger partial charge in [-0.15, -0.1) is 11.3 Å². The number of carbonyl (C=O) groups is 1. The van der Waals surface area contributed by atoms with Gasteiger partial charge in [0.2, 0.25) is 5.91 Å². The van der Waals surface area contributed by atoms with Crippen molar-refractivity contribution in [2.24, 2.45) is 4.99 Å². The van der Waals surface area contributed by atoms with Gasteiger partial charge in [-0.1, -0.05) is 0 Å². The van der Waals surface area contributed by atoms with E-state index >= 15 is 0 Å². The number of carbonyl (C=O) groups excluding carboxylic acids is 1. The van der Waals surface area contributed by atoms with Crippen molar-refractivity contribution in [2.75, 3.05) is 38.7 Å². The van der Waals surface area contributed by atoms with Crippen LogP contribution in [0.4, 0.5) is 5.69 Å². The number of hydrogen-bond acceptors (Lipinski definition) is 5. The number of nitrogens with one attached hydrogen (secondary N) is 2. The summed E-state index contributed by atoms with van der Waals surface area (Å²) in [5.41, 5.74) is 2.06. The van der Waals surface area contributed by atoms with E-state index in [-0.39, 0.29) is 12.5 Å². The van der Waals surface area contributed by atoms with E-state index in [2.05, 4.69) is 27.1 Å². The highest BCUT2D eigenvalue weighted by Crippen LogP contribution is 2.30. The number of methoxy groups -OCH3 is 1. The highest BCUT2D eigenvalue weighted by atomic mass is 32.1. The fourth-order valence-electron chi connectivity index (χ4n) is 3.17. The number of nitrogens with zero attached hydrogens (tertiary/aromatic N) is 2. The molecule has 29 heavy (non-hydrogen) atoms. The van der Waals surface area contributed by atoms with Crippen LogP contribution in [0.5, 0.6) is 11.5 Å². The molecule has 1 aliphatic rings. The third-order valence-corrected chi connectivity index (χ3v) is 5.63. The van der Waals surface area contributed by atoms with Crippen molar-refractivity contribution < 1.29 is 14.3 Å². The molecule has 0 bridgehead atoms. The Morgan fingerprint density at radius 1 is 1.28 bits per heavy atom. The summed E-state index contributed by atoms with van der Waals surface area (Å²) in [5, 5.41) is 8.50. The molecule has 0 fully saturated rings. The van der Waals surface area contributed by atoms with Crippen molar-refractivity contribution in [2.45, 2.75) is 26.8 Å². The number of fused-ring (bicyclic) bond motifs is 1. The van der Waals surface area contributed by atoms with Gasteiger partial charge in [0.25, 0.3) is 0 Å². The van der Waals surface area contributed by atoms with Gasteiger partial charge in [0.1, 0.15) is 6.54 Å². The second-order valence-corrected chi connectivity index (χ2v) is 7.55. The SMILES string of the molecule is CCNC(=NCC(=O)N1CCc2sccc2C1)Nc1ccc(OCC)c(OC)c1. The molecular formula is C21H28N4O3S. The van der Waals surface area contributed by atoms with Crippen LogP contribution in [0.15, 0.2) is 34.6 Å². The molecular weight excluding hydrogens is 388 g/mol. The monoisotopic (exact) mass is 416 g/mol. The Balaban J connectivity index is 1.64. The van der Waals surface area contributed by atoms with Crippen molar-refractivity contribution in [3.63, 3.8) is 0 Å². The number of thiophene rings is 1. The van der Waals surface area contributed by atoms with E-state index in [9.17, 15) is 4.79 Å². The van der Waals surface area contributed by atoms with E-state index in [0.717, 1.165) is 18.7 Å². The second-order valence-electron chi connectivity index (χ2n) is 6.55. The molecule has 2 aromatic rings. The number of hydrogen-bond donors (Lipinski definition) is 2. The van der Waals surface area contributed by atoms with E-state index in [1.165, 1.54) is 10.4 Å². The van der Waals surface area contributed by atoms with Crippen LogP contribution >= 0.6 is 11.3 Å². The zero-order valence-electron chi connectivity index (χ0n) is 17.2. The highest BCUT2D eigenvalue weighted by Gasteiger charge is 2.21. The molecule has 8 heteroatoms. The van der Waals surface area contributed by atoms with Crippen molar-refractivity contribution in [3.05, 3.63) is 40.1 Å². The minimum Gasteiger partial charge on any atom is -0.493 e. The maximum absolute atomic E-state index is 12.6. The lowest BCUT2D eigenvalue weighted by atomic mass is 10.1. The molecule has 1 amide bonds. The highest BCUT2D eigenvalue weighted by molar-refractivity contribution is 7.10. The second kappa shape index (κ2) is 10.2. The van der Waals surface area contributed by atoms with Gasteiger partial charge in [0, 0.05) is 36.3 Å². The lowest BCUT2D eigenvalue weighted by Gasteiger charge is -2.26. The Kier molecular flexibility index (Phi) is 7.35.